The highest BCUT2D eigenvalue weighted by Gasteiger charge is 2.22. The van der Waals surface area contributed by atoms with E-state index in [1.54, 1.807) is 48.5 Å². The van der Waals surface area contributed by atoms with Gasteiger partial charge in [0.05, 0.1) is 31.8 Å². The molecule has 6 aromatic rings. The van der Waals surface area contributed by atoms with Crippen LogP contribution in [0.15, 0.2) is 131 Å². The van der Waals surface area contributed by atoms with Crippen LogP contribution in [0.4, 0.5) is 34.1 Å². The molecule has 18 nitrogen and oxygen atoms in total. The van der Waals surface area contributed by atoms with E-state index >= 15 is 0 Å². The van der Waals surface area contributed by atoms with Crippen molar-refractivity contribution < 1.29 is 39.4 Å². The molecule has 284 valence electrons. The molecule has 0 unspecified atom stereocenters. The first kappa shape index (κ1) is 38.2. The van der Waals surface area contributed by atoms with Crippen LogP contribution >= 0.6 is 0 Å². The van der Waals surface area contributed by atoms with Crippen molar-refractivity contribution in [2.45, 2.75) is 6.42 Å². The molecule has 0 fully saturated rings. The molecule has 0 amide bonds. The van der Waals surface area contributed by atoms with E-state index in [0.29, 0.717) is 17.5 Å². The zero-order valence-corrected chi connectivity index (χ0v) is 29.1. The van der Waals surface area contributed by atoms with Gasteiger partial charge < -0.3 is 19.7 Å². The minimum atomic E-state index is -0.770. The zero-order chi connectivity index (χ0) is 40.6. The molecule has 0 bridgehead atoms. The number of phenols is 2. The SMILES string of the molecule is O=[N+]([O-])c1ccc(Oc2ccc(C=Nc3cc(Cc4ccc(O)c(N=Cc5ccc(Oc6ccc([N+](=O)[O-])cc6[N+](=O)[O-])cc5)c4)ccc3O)cc2)c([N+](=O)[O-])c1. The molecule has 57 heavy (non-hydrogen) atoms. The van der Waals surface area contributed by atoms with Crippen molar-refractivity contribution in [3.8, 4) is 34.5 Å². The molecule has 6 rings (SSSR count). The van der Waals surface area contributed by atoms with Crippen molar-refractivity contribution in [2.75, 3.05) is 0 Å². The van der Waals surface area contributed by atoms with E-state index in [9.17, 15) is 50.7 Å². The van der Waals surface area contributed by atoms with Gasteiger partial charge in [0.15, 0.2) is 0 Å². The summed E-state index contributed by atoms with van der Waals surface area (Å²) in [6.45, 7) is 0. The highest BCUT2D eigenvalue weighted by atomic mass is 16.6. The van der Waals surface area contributed by atoms with Crippen molar-refractivity contribution in [3.05, 3.63) is 184 Å². The summed E-state index contributed by atoms with van der Waals surface area (Å²) in [6, 6.07) is 28.7. The van der Waals surface area contributed by atoms with Gasteiger partial charge in [-0.2, -0.15) is 0 Å². The van der Waals surface area contributed by atoms with Crippen LogP contribution < -0.4 is 9.47 Å². The third-order valence-electron chi connectivity index (χ3n) is 8.11. The highest BCUT2D eigenvalue weighted by Crippen LogP contribution is 2.36. The number of non-ortho nitro benzene ring substituents is 2. The van der Waals surface area contributed by atoms with Crippen LogP contribution in [0.5, 0.6) is 34.5 Å². The maximum absolute atomic E-state index is 11.4. The smallest absolute Gasteiger partial charge is 0.318 e. The van der Waals surface area contributed by atoms with Crippen LogP contribution in [0, 0.1) is 40.5 Å². The molecule has 0 aliphatic rings. The van der Waals surface area contributed by atoms with E-state index in [-0.39, 0.29) is 45.9 Å². The first-order valence-corrected chi connectivity index (χ1v) is 16.5. The second-order valence-electron chi connectivity index (χ2n) is 12.0. The molecule has 0 saturated heterocycles. The van der Waals surface area contributed by atoms with Gasteiger partial charge in [0.2, 0.25) is 11.5 Å². The van der Waals surface area contributed by atoms with Crippen molar-refractivity contribution in [1.29, 1.82) is 0 Å². The lowest BCUT2D eigenvalue weighted by Crippen LogP contribution is -1.96. The number of hydrogen-bond donors (Lipinski definition) is 2. The van der Waals surface area contributed by atoms with Crippen LogP contribution in [0.25, 0.3) is 0 Å². The Morgan fingerprint density at radius 2 is 0.877 bits per heavy atom. The lowest BCUT2D eigenvalue weighted by atomic mass is 10.0. The molecule has 6 aromatic carbocycles. The Labute approximate surface area is 320 Å². The first-order chi connectivity index (χ1) is 27.3. The molecule has 0 radical (unpaired) electrons. The summed E-state index contributed by atoms with van der Waals surface area (Å²) in [4.78, 5) is 50.7. The summed E-state index contributed by atoms with van der Waals surface area (Å²) < 4.78 is 11.2. The Bertz CT molecular complexity index is 2420. The first-order valence-electron chi connectivity index (χ1n) is 16.5. The van der Waals surface area contributed by atoms with Gasteiger partial charge in [-0.3, -0.25) is 50.4 Å². The fraction of sp³-hybridized carbons (Fsp3) is 0.0256. The largest absolute Gasteiger partial charge is 0.506 e. The number of nitrogens with zero attached hydrogens (tertiary/aromatic N) is 6. The fourth-order valence-corrected chi connectivity index (χ4v) is 5.28. The van der Waals surface area contributed by atoms with Crippen molar-refractivity contribution in [3.63, 3.8) is 0 Å². The summed E-state index contributed by atoms with van der Waals surface area (Å²) in [6.07, 6.45) is 3.40. The normalized spacial score (nSPS) is 11.1. The van der Waals surface area contributed by atoms with Gasteiger partial charge in [0.1, 0.15) is 34.4 Å². The summed E-state index contributed by atoms with van der Waals surface area (Å²) >= 11 is 0. The highest BCUT2D eigenvalue weighted by molar-refractivity contribution is 5.84. The van der Waals surface area contributed by atoms with E-state index in [2.05, 4.69) is 9.98 Å². The number of aliphatic imine (C=N–C) groups is 2. The second-order valence-corrected chi connectivity index (χ2v) is 12.0. The number of rotatable bonds is 14. The van der Waals surface area contributed by atoms with E-state index in [4.69, 9.17) is 9.47 Å². The predicted octanol–water partition coefficient (Wildman–Crippen LogP) is 9.41. The number of ether oxygens (including phenoxy) is 2. The second kappa shape index (κ2) is 16.6. The molecule has 2 N–H and O–H groups in total. The summed E-state index contributed by atoms with van der Waals surface area (Å²) in [5, 5.41) is 65.8. The molecular weight excluding hydrogens is 744 g/mol. The maximum atomic E-state index is 11.4. The Balaban J connectivity index is 1.10. The molecule has 0 aromatic heterocycles. The van der Waals surface area contributed by atoms with Crippen LogP contribution in [-0.2, 0) is 6.42 Å². The molecular formula is C39H26N6O12. The number of nitro groups is 4. The van der Waals surface area contributed by atoms with Crippen LogP contribution in [0.1, 0.15) is 22.3 Å². The number of nitro benzene ring substituents is 4. The molecule has 0 aliphatic heterocycles. The van der Waals surface area contributed by atoms with Crippen molar-refractivity contribution >= 4 is 46.6 Å². The van der Waals surface area contributed by atoms with Gasteiger partial charge in [-0.15, -0.1) is 0 Å². The molecule has 18 heteroatoms. The molecule has 0 heterocycles. The third kappa shape index (κ3) is 9.53. The van der Waals surface area contributed by atoms with Gasteiger partial charge in [0.25, 0.3) is 11.4 Å². The Kier molecular flexibility index (Phi) is 11.2. The van der Waals surface area contributed by atoms with E-state index in [1.807, 2.05) is 0 Å². The number of phenolic OH excluding ortho intramolecular Hbond substituents is 2. The Morgan fingerprint density at radius 3 is 1.23 bits per heavy atom. The molecule has 0 saturated carbocycles. The van der Waals surface area contributed by atoms with Gasteiger partial charge in [0, 0.05) is 24.6 Å². The number of hydrogen-bond acceptors (Lipinski definition) is 14. The molecule has 0 spiro atoms. The Hall–Kier alpha value is -8.54. The van der Waals surface area contributed by atoms with Crippen molar-refractivity contribution in [2.24, 2.45) is 9.98 Å². The van der Waals surface area contributed by atoms with E-state index in [0.717, 1.165) is 47.5 Å². The lowest BCUT2D eigenvalue weighted by Gasteiger charge is -2.08. The average molecular weight is 771 g/mol. The number of aromatic hydroxyl groups is 2. The van der Waals surface area contributed by atoms with Gasteiger partial charge >= 0.3 is 11.4 Å². The lowest BCUT2D eigenvalue weighted by molar-refractivity contribution is -0.394. The van der Waals surface area contributed by atoms with Gasteiger partial charge in [-0.25, -0.2) is 0 Å². The average Bonchev–Trinajstić information content (AvgIpc) is 3.19. The summed E-state index contributed by atoms with van der Waals surface area (Å²) in [5.74, 6) is 0.00819. The van der Waals surface area contributed by atoms with Crippen LogP contribution in [0.2, 0.25) is 0 Å². The monoisotopic (exact) mass is 770 g/mol. The molecule has 0 atom stereocenters. The van der Waals surface area contributed by atoms with Gasteiger partial charge in [-0.05, 0) is 114 Å². The van der Waals surface area contributed by atoms with Crippen LogP contribution in [0.3, 0.4) is 0 Å². The zero-order valence-electron chi connectivity index (χ0n) is 29.1. The predicted molar refractivity (Wildman–Crippen MR) is 206 cm³/mol. The quantitative estimate of drug-likeness (QED) is 0.0596. The summed E-state index contributed by atoms with van der Waals surface area (Å²) in [5.41, 5.74) is 1.37. The van der Waals surface area contributed by atoms with Crippen molar-refractivity contribution in [1.82, 2.24) is 0 Å². The van der Waals surface area contributed by atoms with E-state index < -0.39 is 42.4 Å². The maximum Gasteiger partial charge on any atom is 0.318 e. The fourth-order valence-electron chi connectivity index (χ4n) is 5.28. The summed E-state index contributed by atoms with van der Waals surface area (Å²) in [7, 11) is 0. The topological polar surface area (TPSA) is 256 Å². The van der Waals surface area contributed by atoms with Gasteiger partial charge in [-0.1, -0.05) is 12.1 Å². The van der Waals surface area contributed by atoms with Crippen LogP contribution in [-0.4, -0.2) is 42.3 Å². The number of benzene rings is 6. The Morgan fingerprint density at radius 1 is 0.491 bits per heavy atom. The molecule has 0 aliphatic carbocycles. The minimum Gasteiger partial charge on any atom is -0.506 e. The minimum absolute atomic E-state index is 0.0705. The standard InChI is InChI=1S/C39H26N6O12/c46-36-13-5-26(18-32(36)40-22-24-1-9-30(10-2-24)56-38-15-7-28(42(48)49)20-34(38)44(52)53)17-27-6-14-37(47)33(19-27)41-23-25-3-11-31(12-4-25)57-39-16-8-29(43(50)51)21-35(39)45(54)55/h1-16,18-23,46-47H,17H2. The third-order valence-corrected chi connectivity index (χ3v) is 8.11. The van der Waals surface area contributed by atoms with E-state index in [1.165, 1.54) is 48.8 Å².